The van der Waals surface area contributed by atoms with Crippen molar-refractivity contribution >= 4 is 17.1 Å². The first-order chi connectivity index (χ1) is 11.6. The van der Waals surface area contributed by atoms with Gasteiger partial charge in [-0.05, 0) is 56.6 Å². The average Bonchev–Trinajstić information content (AvgIpc) is 2.99. The van der Waals surface area contributed by atoms with Crippen LogP contribution in [0, 0.1) is 18.7 Å². The molecule has 1 aromatic carbocycles. The van der Waals surface area contributed by atoms with Crippen molar-refractivity contribution in [3.63, 3.8) is 0 Å². The second-order valence-corrected chi connectivity index (χ2v) is 7.67. The summed E-state index contributed by atoms with van der Waals surface area (Å²) in [6.45, 7) is 4.70. The highest BCUT2D eigenvalue weighted by molar-refractivity contribution is 7.11. The number of halogens is 1. The summed E-state index contributed by atoms with van der Waals surface area (Å²) in [5.41, 5.74) is 0.358. The van der Waals surface area contributed by atoms with Crippen molar-refractivity contribution in [3.05, 3.63) is 51.5 Å². The molecule has 0 amide bonds. The Morgan fingerprint density at radius 1 is 1.38 bits per heavy atom. The first kappa shape index (κ1) is 17.1. The molecule has 0 saturated carbocycles. The molecule has 1 fully saturated rings. The van der Waals surface area contributed by atoms with Gasteiger partial charge in [-0.25, -0.2) is 4.39 Å². The van der Waals surface area contributed by atoms with Crippen molar-refractivity contribution in [2.75, 3.05) is 20.2 Å². The molecule has 1 atom stereocenters. The zero-order chi connectivity index (χ0) is 17.1. The van der Waals surface area contributed by atoms with Gasteiger partial charge in [0.25, 0.3) is 0 Å². The van der Waals surface area contributed by atoms with Gasteiger partial charge in [-0.3, -0.25) is 9.69 Å². The molecule has 1 unspecified atom stereocenters. The molecule has 1 aliphatic rings. The first-order valence-corrected chi connectivity index (χ1v) is 9.04. The molecule has 5 heteroatoms. The standard InChI is InChI=1S/C19H22FNO2S/c1-13-5-7-16(24-13)12-21-9-3-4-14(11-21)19(22)17-10-15(20)6-8-18(17)23-2/h5-8,10,14H,3-4,9,11-12H2,1-2H3. The Hall–Kier alpha value is -1.72. The van der Waals surface area contributed by atoms with E-state index < -0.39 is 5.82 Å². The lowest BCUT2D eigenvalue weighted by Gasteiger charge is -2.31. The number of benzene rings is 1. The van der Waals surface area contributed by atoms with Crippen LogP contribution in [0.2, 0.25) is 0 Å². The van der Waals surface area contributed by atoms with E-state index in [0.29, 0.717) is 11.3 Å². The highest BCUT2D eigenvalue weighted by Gasteiger charge is 2.28. The number of nitrogens with zero attached hydrogens (tertiary/aromatic N) is 1. The lowest BCUT2D eigenvalue weighted by molar-refractivity contribution is 0.0809. The molecule has 0 radical (unpaired) electrons. The maximum atomic E-state index is 13.6. The SMILES string of the molecule is COc1ccc(F)cc1C(=O)C1CCCN(Cc2ccc(C)s2)C1. The number of likely N-dealkylation sites (tertiary alicyclic amines) is 1. The topological polar surface area (TPSA) is 29.5 Å². The zero-order valence-corrected chi connectivity index (χ0v) is 14.9. The van der Waals surface area contributed by atoms with Crippen LogP contribution < -0.4 is 4.74 Å². The summed E-state index contributed by atoms with van der Waals surface area (Å²) in [4.78, 5) is 17.8. The molecule has 3 rings (SSSR count). The molecular formula is C19H22FNO2S. The number of ketones is 1. The van der Waals surface area contributed by atoms with Crippen molar-refractivity contribution in [1.29, 1.82) is 0 Å². The van der Waals surface area contributed by atoms with E-state index >= 15 is 0 Å². The Labute approximate surface area is 146 Å². The Kier molecular flexibility index (Phi) is 5.31. The summed E-state index contributed by atoms with van der Waals surface area (Å²) in [6.07, 6.45) is 1.83. The van der Waals surface area contributed by atoms with Gasteiger partial charge in [-0.15, -0.1) is 11.3 Å². The summed E-state index contributed by atoms with van der Waals surface area (Å²) in [7, 11) is 1.51. The van der Waals surface area contributed by atoms with Crippen LogP contribution in [0.1, 0.15) is 33.0 Å². The van der Waals surface area contributed by atoms with Gasteiger partial charge in [0.05, 0.1) is 12.7 Å². The monoisotopic (exact) mass is 347 g/mol. The Balaban J connectivity index is 1.72. The Morgan fingerprint density at radius 3 is 2.92 bits per heavy atom. The Morgan fingerprint density at radius 2 is 2.21 bits per heavy atom. The number of Topliss-reactive ketones (excluding diaryl/α,β-unsaturated/α-hetero) is 1. The molecule has 24 heavy (non-hydrogen) atoms. The van der Waals surface area contributed by atoms with Gasteiger partial charge in [0, 0.05) is 28.8 Å². The third kappa shape index (κ3) is 3.84. The molecular weight excluding hydrogens is 325 g/mol. The van der Waals surface area contributed by atoms with Crippen LogP contribution >= 0.6 is 11.3 Å². The number of methoxy groups -OCH3 is 1. The number of hydrogen-bond acceptors (Lipinski definition) is 4. The van der Waals surface area contributed by atoms with Crippen molar-refractivity contribution < 1.29 is 13.9 Å². The lowest BCUT2D eigenvalue weighted by atomic mass is 9.89. The van der Waals surface area contributed by atoms with E-state index in [4.69, 9.17) is 4.74 Å². The quantitative estimate of drug-likeness (QED) is 0.755. The predicted molar refractivity (Wildman–Crippen MR) is 94.3 cm³/mol. The summed E-state index contributed by atoms with van der Waals surface area (Å²) >= 11 is 1.80. The molecule has 1 saturated heterocycles. The molecule has 128 valence electrons. The fourth-order valence-corrected chi connectivity index (χ4v) is 4.23. The van der Waals surface area contributed by atoms with Crippen molar-refractivity contribution in [2.45, 2.75) is 26.3 Å². The van der Waals surface area contributed by atoms with Gasteiger partial charge < -0.3 is 4.74 Å². The number of thiophene rings is 1. The number of hydrogen-bond donors (Lipinski definition) is 0. The number of ether oxygens (including phenoxy) is 1. The third-order valence-electron chi connectivity index (χ3n) is 4.48. The van der Waals surface area contributed by atoms with E-state index in [-0.39, 0.29) is 11.7 Å². The van der Waals surface area contributed by atoms with E-state index in [1.807, 2.05) is 0 Å². The van der Waals surface area contributed by atoms with Crippen LogP contribution in [-0.2, 0) is 6.54 Å². The molecule has 3 nitrogen and oxygen atoms in total. The molecule has 1 aliphatic heterocycles. The molecule has 0 bridgehead atoms. The van der Waals surface area contributed by atoms with Gasteiger partial charge >= 0.3 is 0 Å². The maximum Gasteiger partial charge on any atom is 0.171 e. The number of aryl methyl sites for hydroxylation is 1. The zero-order valence-electron chi connectivity index (χ0n) is 14.0. The summed E-state index contributed by atoms with van der Waals surface area (Å²) < 4.78 is 18.8. The number of rotatable bonds is 5. The molecule has 0 N–H and O–H groups in total. The largest absolute Gasteiger partial charge is 0.496 e. The minimum atomic E-state index is -0.402. The summed E-state index contributed by atoms with van der Waals surface area (Å²) in [6, 6.07) is 8.42. The van der Waals surface area contributed by atoms with Gasteiger partial charge in [-0.1, -0.05) is 0 Å². The molecule has 0 aliphatic carbocycles. The highest BCUT2D eigenvalue weighted by Crippen LogP contribution is 2.28. The molecule has 0 spiro atoms. The van der Waals surface area contributed by atoms with Gasteiger partial charge in [0.1, 0.15) is 11.6 Å². The van der Waals surface area contributed by atoms with Crippen LogP contribution in [-0.4, -0.2) is 30.9 Å². The lowest BCUT2D eigenvalue weighted by Crippen LogP contribution is -2.38. The number of carbonyl (C=O) groups excluding carboxylic acids is 1. The van der Waals surface area contributed by atoms with E-state index in [1.54, 1.807) is 11.3 Å². The van der Waals surface area contributed by atoms with Crippen LogP contribution in [0.25, 0.3) is 0 Å². The maximum absolute atomic E-state index is 13.6. The number of piperidine rings is 1. The van der Waals surface area contributed by atoms with Gasteiger partial charge in [0.15, 0.2) is 5.78 Å². The van der Waals surface area contributed by atoms with Crippen molar-refractivity contribution in [2.24, 2.45) is 5.92 Å². The normalized spacial score (nSPS) is 18.5. The van der Waals surface area contributed by atoms with E-state index in [1.165, 1.54) is 35.1 Å². The molecule has 2 heterocycles. The summed E-state index contributed by atoms with van der Waals surface area (Å²) in [5.74, 6) is -0.0674. The smallest absolute Gasteiger partial charge is 0.171 e. The van der Waals surface area contributed by atoms with Gasteiger partial charge in [0.2, 0.25) is 0 Å². The summed E-state index contributed by atoms with van der Waals surface area (Å²) in [5, 5.41) is 0. The second kappa shape index (κ2) is 7.45. The Bertz CT molecular complexity index is 728. The number of carbonyl (C=O) groups is 1. The van der Waals surface area contributed by atoms with Crippen molar-refractivity contribution in [1.82, 2.24) is 4.90 Å². The van der Waals surface area contributed by atoms with Gasteiger partial charge in [-0.2, -0.15) is 0 Å². The molecule has 2 aromatic rings. The van der Waals surface area contributed by atoms with E-state index in [2.05, 4.69) is 24.0 Å². The highest BCUT2D eigenvalue weighted by atomic mass is 32.1. The predicted octanol–water partition coefficient (Wildman–Crippen LogP) is 4.30. The first-order valence-electron chi connectivity index (χ1n) is 8.22. The van der Waals surface area contributed by atoms with Crippen LogP contribution in [0.4, 0.5) is 4.39 Å². The third-order valence-corrected chi connectivity index (χ3v) is 5.46. The molecule has 1 aromatic heterocycles. The second-order valence-electron chi connectivity index (χ2n) is 6.30. The fraction of sp³-hybridized carbons (Fsp3) is 0.421. The fourth-order valence-electron chi connectivity index (χ4n) is 3.30. The van der Waals surface area contributed by atoms with E-state index in [0.717, 1.165) is 32.5 Å². The van der Waals surface area contributed by atoms with Crippen LogP contribution in [0.3, 0.4) is 0 Å². The van der Waals surface area contributed by atoms with Crippen molar-refractivity contribution in [3.8, 4) is 5.75 Å². The van der Waals surface area contributed by atoms with Crippen LogP contribution in [0.15, 0.2) is 30.3 Å². The minimum absolute atomic E-state index is 0.0154. The van der Waals surface area contributed by atoms with E-state index in [9.17, 15) is 9.18 Å². The van der Waals surface area contributed by atoms with Crippen LogP contribution in [0.5, 0.6) is 5.75 Å². The minimum Gasteiger partial charge on any atom is -0.496 e. The average molecular weight is 347 g/mol.